The van der Waals surface area contributed by atoms with E-state index in [2.05, 4.69) is 0 Å². The fourth-order valence-corrected chi connectivity index (χ4v) is 1.73. The topological polar surface area (TPSA) is 61.8 Å². The summed E-state index contributed by atoms with van der Waals surface area (Å²) in [7, 11) is 1.51. The van der Waals surface area contributed by atoms with Crippen LogP contribution in [0.2, 0.25) is 0 Å². The molecule has 0 atom stereocenters. The van der Waals surface area contributed by atoms with Crippen molar-refractivity contribution in [3.05, 3.63) is 23.8 Å². The highest BCUT2D eigenvalue weighted by Gasteiger charge is 2.09. The molecule has 0 aliphatic heterocycles. The van der Waals surface area contributed by atoms with Crippen molar-refractivity contribution in [2.24, 2.45) is 0 Å². The Balaban J connectivity index is 2.39. The molecule has 1 aromatic rings. The van der Waals surface area contributed by atoms with E-state index in [1.165, 1.54) is 7.11 Å². The molecule has 0 bridgehead atoms. The average molecular weight is 280 g/mol. The molecule has 0 radical (unpaired) electrons. The molecule has 1 rings (SSSR count). The van der Waals surface area contributed by atoms with Gasteiger partial charge in [-0.1, -0.05) is 6.07 Å². The molecule has 0 saturated heterocycles. The van der Waals surface area contributed by atoms with Crippen molar-refractivity contribution in [3.63, 3.8) is 0 Å². The minimum Gasteiger partial charge on any atom is -0.496 e. The Bertz CT molecular complexity index is 442. The molecule has 110 valence electrons. The SMILES string of the molecule is CCOC(=O)CCCCOc1cccc(OC)c1C=O. The second-order valence-corrected chi connectivity index (χ2v) is 4.10. The van der Waals surface area contributed by atoms with Crippen LogP contribution in [0.3, 0.4) is 0 Å². The molecule has 0 heterocycles. The summed E-state index contributed by atoms with van der Waals surface area (Å²) in [5.74, 6) is 0.793. The first-order valence-electron chi connectivity index (χ1n) is 6.63. The number of hydrogen-bond donors (Lipinski definition) is 0. The van der Waals surface area contributed by atoms with Crippen LogP contribution in [0.4, 0.5) is 0 Å². The van der Waals surface area contributed by atoms with Crippen LogP contribution in [0.1, 0.15) is 36.5 Å². The van der Waals surface area contributed by atoms with E-state index < -0.39 is 0 Å². The highest BCUT2D eigenvalue weighted by atomic mass is 16.5. The number of carbonyl (C=O) groups excluding carboxylic acids is 2. The molecule has 1 aromatic carbocycles. The Morgan fingerprint density at radius 2 is 2.00 bits per heavy atom. The predicted octanol–water partition coefficient (Wildman–Crippen LogP) is 2.62. The number of carbonyl (C=O) groups is 2. The molecule has 0 amide bonds. The van der Waals surface area contributed by atoms with Crippen LogP contribution >= 0.6 is 0 Å². The highest BCUT2D eigenvalue weighted by molar-refractivity contribution is 5.83. The molecule has 0 fully saturated rings. The number of aldehydes is 1. The fourth-order valence-electron chi connectivity index (χ4n) is 1.73. The Hall–Kier alpha value is -2.04. The van der Waals surface area contributed by atoms with Gasteiger partial charge in [-0.05, 0) is 31.9 Å². The lowest BCUT2D eigenvalue weighted by molar-refractivity contribution is -0.143. The zero-order chi connectivity index (χ0) is 14.8. The van der Waals surface area contributed by atoms with Gasteiger partial charge in [0.15, 0.2) is 6.29 Å². The summed E-state index contributed by atoms with van der Waals surface area (Å²) in [4.78, 5) is 22.2. The van der Waals surface area contributed by atoms with E-state index in [0.29, 0.717) is 55.8 Å². The van der Waals surface area contributed by atoms with Gasteiger partial charge in [0, 0.05) is 6.42 Å². The van der Waals surface area contributed by atoms with Crippen molar-refractivity contribution in [2.45, 2.75) is 26.2 Å². The first-order chi connectivity index (χ1) is 9.72. The minimum atomic E-state index is -0.192. The van der Waals surface area contributed by atoms with E-state index in [9.17, 15) is 9.59 Å². The standard InChI is InChI=1S/C15H20O5/c1-3-19-15(17)9-4-5-10-20-14-8-6-7-13(18-2)12(14)11-16/h6-8,11H,3-5,9-10H2,1-2H3. The summed E-state index contributed by atoms with van der Waals surface area (Å²) in [6.45, 7) is 2.63. The first kappa shape index (κ1) is 16.0. The fraction of sp³-hybridized carbons (Fsp3) is 0.467. The van der Waals surface area contributed by atoms with Crippen LogP contribution in [0.25, 0.3) is 0 Å². The van der Waals surface area contributed by atoms with Crippen LogP contribution in [-0.2, 0) is 9.53 Å². The number of methoxy groups -OCH3 is 1. The molecule has 0 aliphatic carbocycles. The van der Waals surface area contributed by atoms with Crippen molar-refractivity contribution >= 4 is 12.3 Å². The quantitative estimate of drug-likeness (QED) is 0.395. The molecule has 0 saturated carbocycles. The molecule has 0 N–H and O–H groups in total. The number of esters is 1. The molecule has 5 heteroatoms. The largest absolute Gasteiger partial charge is 0.496 e. The third-order valence-electron chi connectivity index (χ3n) is 2.70. The lowest BCUT2D eigenvalue weighted by Crippen LogP contribution is -2.05. The van der Waals surface area contributed by atoms with E-state index in [1.807, 2.05) is 0 Å². The second-order valence-electron chi connectivity index (χ2n) is 4.10. The monoisotopic (exact) mass is 280 g/mol. The lowest BCUT2D eigenvalue weighted by Gasteiger charge is -2.10. The third kappa shape index (κ3) is 4.91. The third-order valence-corrected chi connectivity index (χ3v) is 2.70. The molecule has 5 nitrogen and oxygen atoms in total. The van der Waals surface area contributed by atoms with Crippen LogP contribution in [0, 0.1) is 0 Å². The molecule has 0 aliphatic rings. The number of unbranched alkanes of at least 4 members (excludes halogenated alkanes) is 1. The normalized spacial score (nSPS) is 9.90. The highest BCUT2D eigenvalue weighted by Crippen LogP contribution is 2.26. The molecular weight excluding hydrogens is 260 g/mol. The summed E-state index contributed by atoms with van der Waals surface area (Å²) in [5, 5.41) is 0. The zero-order valence-electron chi connectivity index (χ0n) is 11.9. The second kappa shape index (κ2) is 8.96. The molecule has 0 aromatic heterocycles. The van der Waals surface area contributed by atoms with Gasteiger partial charge in [0.1, 0.15) is 11.5 Å². The van der Waals surface area contributed by atoms with Gasteiger partial charge in [-0.25, -0.2) is 0 Å². The Morgan fingerprint density at radius 3 is 2.65 bits per heavy atom. The predicted molar refractivity (Wildman–Crippen MR) is 74.4 cm³/mol. The summed E-state index contributed by atoms with van der Waals surface area (Å²) < 4.78 is 15.5. The first-order valence-corrected chi connectivity index (χ1v) is 6.63. The molecule has 0 spiro atoms. The van der Waals surface area contributed by atoms with Crippen LogP contribution in [-0.4, -0.2) is 32.6 Å². The maximum absolute atomic E-state index is 11.1. The molecule has 0 unspecified atom stereocenters. The smallest absolute Gasteiger partial charge is 0.305 e. The van der Waals surface area contributed by atoms with Gasteiger partial charge in [-0.15, -0.1) is 0 Å². The van der Waals surface area contributed by atoms with Crippen molar-refractivity contribution in [1.29, 1.82) is 0 Å². The van der Waals surface area contributed by atoms with Gasteiger partial charge < -0.3 is 14.2 Å². The van der Waals surface area contributed by atoms with Gasteiger partial charge in [0.2, 0.25) is 0 Å². The number of ether oxygens (including phenoxy) is 3. The minimum absolute atomic E-state index is 0.192. The summed E-state index contributed by atoms with van der Waals surface area (Å²) >= 11 is 0. The van der Waals surface area contributed by atoms with Crippen LogP contribution < -0.4 is 9.47 Å². The van der Waals surface area contributed by atoms with Crippen LogP contribution in [0.15, 0.2) is 18.2 Å². The average Bonchev–Trinajstić information content (AvgIpc) is 2.46. The van der Waals surface area contributed by atoms with E-state index >= 15 is 0 Å². The molecular formula is C15H20O5. The number of benzene rings is 1. The summed E-state index contributed by atoms with van der Waals surface area (Å²) in [5.41, 5.74) is 0.403. The van der Waals surface area contributed by atoms with E-state index in [-0.39, 0.29) is 5.97 Å². The van der Waals surface area contributed by atoms with Crippen molar-refractivity contribution in [1.82, 2.24) is 0 Å². The van der Waals surface area contributed by atoms with E-state index in [0.717, 1.165) is 0 Å². The summed E-state index contributed by atoms with van der Waals surface area (Å²) in [6.07, 6.45) is 2.51. The van der Waals surface area contributed by atoms with Gasteiger partial charge >= 0.3 is 5.97 Å². The van der Waals surface area contributed by atoms with Crippen LogP contribution in [0.5, 0.6) is 11.5 Å². The Labute approximate surface area is 118 Å². The maximum atomic E-state index is 11.1. The van der Waals surface area contributed by atoms with Gasteiger partial charge in [-0.2, -0.15) is 0 Å². The number of rotatable bonds is 9. The zero-order valence-corrected chi connectivity index (χ0v) is 11.9. The van der Waals surface area contributed by atoms with E-state index in [4.69, 9.17) is 14.2 Å². The maximum Gasteiger partial charge on any atom is 0.305 e. The summed E-state index contributed by atoms with van der Waals surface area (Å²) in [6, 6.07) is 5.19. The Kier molecular flexibility index (Phi) is 7.17. The lowest BCUT2D eigenvalue weighted by atomic mass is 10.2. The van der Waals surface area contributed by atoms with E-state index in [1.54, 1.807) is 25.1 Å². The Morgan fingerprint density at radius 1 is 1.25 bits per heavy atom. The van der Waals surface area contributed by atoms with Gasteiger partial charge in [0.05, 0.1) is 25.9 Å². The number of hydrogen-bond acceptors (Lipinski definition) is 5. The van der Waals surface area contributed by atoms with Gasteiger partial charge in [0.25, 0.3) is 0 Å². The van der Waals surface area contributed by atoms with Crippen molar-refractivity contribution in [2.75, 3.05) is 20.3 Å². The van der Waals surface area contributed by atoms with Gasteiger partial charge in [-0.3, -0.25) is 9.59 Å². The van der Waals surface area contributed by atoms with Crippen molar-refractivity contribution in [3.8, 4) is 11.5 Å². The molecule has 20 heavy (non-hydrogen) atoms. The van der Waals surface area contributed by atoms with Crippen molar-refractivity contribution < 1.29 is 23.8 Å².